The zero-order chi connectivity index (χ0) is 12.8. The molecule has 16 heavy (non-hydrogen) atoms. The summed E-state index contributed by atoms with van der Waals surface area (Å²) in [6, 6.07) is 0.870. The van der Waals surface area contributed by atoms with Gasteiger partial charge in [0, 0.05) is 18.6 Å². The third-order valence-electron chi connectivity index (χ3n) is 3.62. The summed E-state index contributed by atoms with van der Waals surface area (Å²) in [4.78, 5) is 2.57. The molecule has 0 aliphatic carbocycles. The van der Waals surface area contributed by atoms with Gasteiger partial charge in [0.2, 0.25) is 0 Å². The molecular formula is C14H32N2. The zero-order valence-corrected chi connectivity index (χ0v) is 12.2. The molecule has 0 saturated heterocycles. The highest BCUT2D eigenvalue weighted by Crippen LogP contribution is 2.22. The average molecular weight is 228 g/mol. The molecule has 0 rings (SSSR count). The Morgan fingerprint density at radius 3 is 2.06 bits per heavy atom. The van der Waals surface area contributed by atoms with Crippen LogP contribution in [0.3, 0.4) is 0 Å². The van der Waals surface area contributed by atoms with E-state index in [1.54, 1.807) is 0 Å². The largest absolute Gasteiger partial charge is 0.327 e. The molecule has 0 amide bonds. The molecule has 2 nitrogen and oxygen atoms in total. The molecule has 0 spiro atoms. The van der Waals surface area contributed by atoms with Crippen molar-refractivity contribution in [1.29, 1.82) is 0 Å². The molecule has 0 aromatic heterocycles. The highest BCUT2D eigenvalue weighted by Gasteiger charge is 2.26. The topological polar surface area (TPSA) is 29.3 Å². The van der Waals surface area contributed by atoms with Crippen LogP contribution in [0, 0.1) is 5.41 Å². The van der Waals surface area contributed by atoms with Crippen molar-refractivity contribution in [3.63, 3.8) is 0 Å². The van der Waals surface area contributed by atoms with Crippen molar-refractivity contribution in [1.82, 2.24) is 4.90 Å². The first-order chi connectivity index (χ1) is 7.31. The fourth-order valence-electron chi connectivity index (χ4n) is 1.75. The lowest BCUT2D eigenvalue weighted by Gasteiger charge is -2.37. The van der Waals surface area contributed by atoms with Crippen molar-refractivity contribution in [3.05, 3.63) is 0 Å². The van der Waals surface area contributed by atoms with Crippen LogP contribution in [0.5, 0.6) is 0 Å². The molecule has 0 saturated carbocycles. The van der Waals surface area contributed by atoms with Gasteiger partial charge >= 0.3 is 0 Å². The van der Waals surface area contributed by atoms with Crippen molar-refractivity contribution in [2.45, 2.75) is 72.9 Å². The summed E-state index contributed by atoms with van der Waals surface area (Å²) >= 11 is 0. The number of nitrogens with zero attached hydrogens (tertiary/aromatic N) is 1. The van der Waals surface area contributed by atoms with Gasteiger partial charge in [-0.25, -0.2) is 0 Å². The van der Waals surface area contributed by atoms with Crippen LogP contribution in [0.2, 0.25) is 0 Å². The summed E-state index contributed by atoms with van der Waals surface area (Å²) in [6.07, 6.45) is 3.94. The van der Waals surface area contributed by atoms with Crippen molar-refractivity contribution >= 4 is 0 Å². The van der Waals surface area contributed by atoms with Crippen LogP contribution in [0.15, 0.2) is 0 Å². The van der Waals surface area contributed by atoms with E-state index in [1.807, 2.05) is 0 Å². The Hall–Kier alpha value is -0.0800. The van der Waals surface area contributed by atoms with Gasteiger partial charge in [0.25, 0.3) is 0 Å². The molecule has 0 bridgehead atoms. The normalized spacial score (nSPS) is 14.8. The number of hydrogen-bond acceptors (Lipinski definition) is 2. The first-order valence-corrected chi connectivity index (χ1v) is 6.81. The molecular weight excluding hydrogens is 196 g/mol. The van der Waals surface area contributed by atoms with E-state index in [-0.39, 0.29) is 11.5 Å². The van der Waals surface area contributed by atoms with Gasteiger partial charge in [0.15, 0.2) is 0 Å². The predicted octanol–water partition coefficient (Wildman–Crippen LogP) is 3.26. The zero-order valence-electron chi connectivity index (χ0n) is 12.2. The van der Waals surface area contributed by atoms with E-state index in [1.165, 1.54) is 25.8 Å². The maximum atomic E-state index is 6.05. The van der Waals surface area contributed by atoms with E-state index in [4.69, 9.17) is 5.73 Å². The van der Waals surface area contributed by atoms with Crippen LogP contribution in [0.4, 0.5) is 0 Å². The molecule has 2 heteroatoms. The third kappa shape index (κ3) is 5.86. The first kappa shape index (κ1) is 15.9. The van der Waals surface area contributed by atoms with Gasteiger partial charge in [0.05, 0.1) is 0 Å². The Kier molecular flexibility index (Phi) is 7.25. The van der Waals surface area contributed by atoms with E-state index < -0.39 is 0 Å². The maximum Gasteiger partial charge on any atom is 0.00739 e. The lowest BCUT2D eigenvalue weighted by atomic mass is 9.85. The lowest BCUT2D eigenvalue weighted by molar-refractivity contribution is 0.126. The average Bonchev–Trinajstić information content (AvgIpc) is 2.16. The van der Waals surface area contributed by atoms with Crippen LogP contribution >= 0.6 is 0 Å². The number of unbranched alkanes of at least 4 members (excludes halogenated alkanes) is 2. The molecule has 0 aromatic carbocycles. The van der Waals surface area contributed by atoms with E-state index in [2.05, 4.69) is 46.4 Å². The summed E-state index contributed by atoms with van der Waals surface area (Å²) in [6.45, 7) is 15.8. The van der Waals surface area contributed by atoms with Crippen LogP contribution in [0.25, 0.3) is 0 Å². The quantitative estimate of drug-likeness (QED) is 0.646. The Morgan fingerprint density at radius 2 is 1.69 bits per heavy atom. The van der Waals surface area contributed by atoms with Crippen molar-refractivity contribution in [2.75, 3.05) is 13.1 Å². The molecule has 0 heterocycles. The molecule has 0 radical (unpaired) electrons. The molecule has 0 aromatic rings. The SMILES string of the molecule is CCCCCN(CC(C)(C)C(C)N)C(C)C. The van der Waals surface area contributed by atoms with Gasteiger partial charge in [-0.15, -0.1) is 0 Å². The standard InChI is InChI=1S/C14H32N2/c1-7-8-9-10-16(12(2)3)11-14(5,6)13(4)15/h12-13H,7-11,15H2,1-6H3. The molecule has 2 N–H and O–H groups in total. The molecule has 98 valence electrons. The van der Waals surface area contributed by atoms with E-state index >= 15 is 0 Å². The van der Waals surface area contributed by atoms with Gasteiger partial charge in [-0.2, -0.15) is 0 Å². The lowest BCUT2D eigenvalue weighted by Crippen LogP contribution is -2.46. The van der Waals surface area contributed by atoms with Gasteiger partial charge in [-0.3, -0.25) is 0 Å². The highest BCUT2D eigenvalue weighted by atomic mass is 15.2. The molecule has 0 aliphatic rings. The monoisotopic (exact) mass is 228 g/mol. The first-order valence-electron chi connectivity index (χ1n) is 6.81. The number of hydrogen-bond donors (Lipinski definition) is 1. The van der Waals surface area contributed by atoms with E-state index in [9.17, 15) is 0 Å². The fourth-order valence-corrected chi connectivity index (χ4v) is 1.75. The van der Waals surface area contributed by atoms with Crippen LogP contribution in [-0.4, -0.2) is 30.1 Å². The van der Waals surface area contributed by atoms with Crippen LogP contribution in [-0.2, 0) is 0 Å². The Morgan fingerprint density at radius 1 is 1.12 bits per heavy atom. The Labute approximate surface area is 103 Å². The van der Waals surface area contributed by atoms with E-state index in [0.29, 0.717) is 6.04 Å². The second kappa shape index (κ2) is 7.29. The summed E-state index contributed by atoms with van der Waals surface area (Å²) in [5, 5.41) is 0. The second-order valence-corrected chi connectivity index (χ2v) is 6.05. The summed E-state index contributed by atoms with van der Waals surface area (Å²) in [7, 11) is 0. The van der Waals surface area contributed by atoms with Crippen molar-refractivity contribution in [2.24, 2.45) is 11.1 Å². The molecule has 1 atom stereocenters. The number of rotatable bonds is 8. The van der Waals surface area contributed by atoms with Crippen molar-refractivity contribution in [3.8, 4) is 0 Å². The van der Waals surface area contributed by atoms with Gasteiger partial charge in [-0.05, 0) is 39.2 Å². The fraction of sp³-hybridized carbons (Fsp3) is 1.00. The van der Waals surface area contributed by atoms with Crippen LogP contribution in [0.1, 0.15) is 60.8 Å². The summed E-state index contributed by atoms with van der Waals surface area (Å²) in [5.74, 6) is 0. The Bertz CT molecular complexity index is 174. The minimum atomic E-state index is 0.205. The minimum absolute atomic E-state index is 0.205. The van der Waals surface area contributed by atoms with Crippen molar-refractivity contribution < 1.29 is 0 Å². The smallest absolute Gasteiger partial charge is 0.00739 e. The van der Waals surface area contributed by atoms with E-state index in [0.717, 1.165) is 6.54 Å². The second-order valence-electron chi connectivity index (χ2n) is 6.05. The summed E-state index contributed by atoms with van der Waals surface area (Å²) < 4.78 is 0. The maximum absolute atomic E-state index is 6.05. The Balaban J connectivity index is 4.22. The summed E-state index contributed by atoms with van der Waals surface area (Å²) in [5.41, 5.74) is 6.25. The van der Waals surface area contributed by atoms with Gasteiger partial charge in [0.1, 0.15) is 0 Å². The van der Waals surface area contributed by atoms with Gasteiger partial charge < -0.3 is 10.6 Å². The third-order valence-corrected chi connectivity index (χ3v) is 3.62. The molecule has 1 unspecified atom stereocenters. The molecule has 0 aliphatic heterocycles. The van der Waals surface area contributed by atoms with Gasteiger partial charge in [-0.1, -0.05) is 33.6 Å². The minimum Gasteiger partial charge on any atom is -0.327 e. The molecule has 0 fully saturated rings. The predicted molar refractivity (Wildman–Crippen MR) is 73.7 cm³/mol. The highest BCUT2D eigenvalue weighted by molar-refractivity contribution is 4.82. The number of nitrogens with two attached hydrogens (primary N) is 1. The van der Waals surface area contributed by atoms with Crippen LogP contribution < -0.4 is 5.73 Å².